The Labute approximate surface area is 108 Å². The maximum absolute atomic E-state index is 11.9. The highest BCUT2D eigenvalue weighted by Crippen LogP contribution is 2.33. The second kappa shape index (κ2) is 6.88. The van der Waals surface area contributed by atoms with Gasteiger partial charge in [0.15, 0.2) is 0 Å². The van der Waals surface area contributed by atoms with Gasteiger partial charge in [0.2, 0.25) is 0 Å². The van der Waals surface area contributed by atoms with E-state index < -0.39 is 12.1 Å². The first-order valence-electron chi connectivity index (χ1n) is 6.86. The summed E-state index contributed by atoms with van der Waals surface area (Å²) in [6, 6.07) is 0. The maximum Gasteiger partial charge on any atom is 0.303 e. The van der Waals surface area contributed by atoms with Crippen LogP contribution in [0.5, 0.6) is 0 Å². The molecule has 2 N–H and O–H groups in total. The van der Waals surface area contributed by atoms with Crippen molar-refractivity contribution in [1.29, 1.82) is 0 Å². The van der Waals surface area contributed by atoms with E-state index in [9.17, 15) is 14.7 Å². The Morgan fingerprint density at radius 1 is 1.39 bits per heavy atom. The molecular weight excluding hydrogens is 232 g/mol. The van der Waals surface area contributed by atoms with Gasteiger partial charge in [-0.25, -0.2) is 0 Å². The highest BCUT2D eigenvalue weighted by atomic mass is 16.4. The molecule has 0 aromatic rings. The van der Waals surface area contributed by atoms with Gasteiger partial charge in [0, 0.05) is 18.8 Å². The molecule has 18 heavy (non-hydrogen) atoms. The number of aliphatic carboxylic acids is 1. The van der Waals surface area contributed by atoms with Crippen molar-refractivity contribution in [2.24, 2.45) is 17.8 Å². The van der Waals surface area contributed by atoms with Crippen LogP contribution < -0.4 is 0 Å². The molecule has 4 unspecified atom stereocenters. The van der Waals surface area contributed by atoms with E-state index in [0.29, 0.717) is 12.2 Å². The van der Waals surface area contributed by atoms with E-state index in [2.05, 4.69) is 0 Å². The van der Waals surface area contributed by atoms with E-state index in [4.69, 9.17) is 5.11 Å². The van der Waals surface area contributed by atoms with Crippen LogP contribution in [0.15, 0.2) is 0 Å². The van der Waals surface area contributed by atoms with E-state index in [1.165, 1.54) is 0 Å². The van der Waals surface area contributed by atoms with Crippen LogP contribution in [-0.4, -0.2) is 28.1 Å². The van der Waals surface area contributed by atoms with Crippen LogP contribution in [-0.2, 0) is 9.59 Å². The van der Waals surface area contributed by atoms with E-state index in [-0.39, 0.29) is 30.6 Å². The standard InChI is InChI=1S/C14H24O4/c1-9(11-5-3-4-6-13(11)16)10(2)12(15)7-8-14(17)18/h9-12,15H,3-8H2,1-2H3,(H,17,18). The lowest BCUT2D eigenvalue weighted by Gasteiger charge is -2.33. The molecule has 0 amide bonds. The van der Waals surface area contributed by atoms with Gasteiger partial charge in [-0.1, -0.05) is 20.3 Å². The van der Waals surface area contributed by atoms with Crippen molar-refractivity contribution in [1.82, 2.24) is 0 Å². The number of hydrogen-bond acceptors (Lipinski definition) is 3. The summed E-state index contributed by atoms with van der Waals surface area (Å²) in [7, 11) is 0. The summed E-state index contributed by atoms with van der Waals surface area (Å²) in [5, 5.41) is 18.6. The van der Waals surface area contributed by atoms with Gasteiger partial charge >= 0.3 is 5.97 Å². The minimum Gasteiger partial charge on any atom is -0.481 e. The highest BCUT2D eigenvalue weighted by Gasteiger charge is 2.33. The molecule has 1 rings (SSSR count). The Balaban J connectivity index is 2.50. The third-order valence-electron chi connectivity index (χ3n) is 4.33. The number of Topliss-reactive ketones (excluding diaryl/α,β-unsaturated/α-hetero) is 1. The van der Waals surface area contributed by atoms with Crippen LogP contribution in [0.1, 0.15) is 52.4 Å². The smallest absolute Gasteiger partial charge is 0.303 e. The van der Waals surface area contributed by atoms with Crippen LogP contribution >= 0.6 is 0 Å². The monoisotopic (exact) mass is 256 g/mol. The molecular formula is C14H24O4. The van der Waals surface area contributed by atoms with Gasteiger partial charge in [0.25, 0.3) is 0 Å². The van der Waals surface area contributed by atoms with Crippen LogP contribution in [0.2, 0.25) is 0 Å². The number of carboxylic acid groups (broad SMARTS) is 1. The van der Waals surface area contributed by atoms with Crippen LogP contribution in [0.3, 0.4) is 0 Å². The van der Waals surface area contributed by atoms with E-state index in [1.54, 1.807) is 0 Å². The van der Waals surface area contributed by atoms with Gasteiger partial charge in [-0.05, 0) is 31.1 Å². The molecule has 0 saturated heterocycles. The number of carbonyl (C=O) groups is 2. The lowest BCUT2D eigenvalue weighted by atomic mass is 9.73. The number of carbonyl (C=O) groups excluding carboxylic acids is 1. The van der Waals surface area contributed by atoms with Gasteiger partial charge in [-0.15, -0.1) is 0 Å². The Bertz CT molecular complexity index is 300. The summed E-state index contributed by atoms with van der Waals surface area (Å²) < 4.78 is 0. The number of rotatable bonds is 6. The molecule has 1 aliphatic carbocycles. The summed E-state index contributed by atoms with van der Waals surface area (Å²) in [5.74, 6) is -0.431. The predicted molar refractivity (Wildman–Crippen MR) is 68.2 cm³/mol. The molecule has 1 fully saturated rings. The van der Waals surface area contributed by atoms with Crippen molar-refractivity contribution >= 4 is 11.8 Å². The minimum absolute atomic E-state index is 0.0170. The molecule has 0 aliphatic heterocycles. The Hall–Kier alpha value is -0.900. The zero-order chi connectivity index (χ0) is 13.7. The molecule has 0 spiro atoms. The lowest BCUT2D eigenvalue weighted by Crippen LogP contribution is -2.34. The molecule has 4 nitrogen and oxygen atoms in total. The van der Waals surface area contributed by atoms with Crippen molar-refractivity contribution in [3.63, 3.8) is 0 Å². The summed E-state index contributed by atoms with van der Waals surface area (Å²) >= 11 is 0. The second-order valence-corrected chi connectivity index (χ2v) is 5.54. The van der Waals surface area contributed by atoms with E-state index in [1.807, 2.05) is 13.8 Å². The number of carboxylic acids is 1. The highest BCUT2D eigenvalue weighted by molar-refractivity contribution is 5.81. The molecule has 0 radical (unpaired) electrons. The Morgan fingerprint density at radius 3 is 2.61 bits per heavy atom. The third-order valence-corrected chi connectivity index (χ3v) is 4.33. The number of hydrogen-bond donors (Lipinski definition) is 2. The fraction of sp³-hybridized carbons (Fsp3) is 0.857. The fourth-order valence-corrected chi connectivity index (χ4v) is 2.82. The maximum atomic E-state index is 11.9. The molecule has 4 heteroatoms. The molecule has 1 saturated carbocycles. The number of aliphatic hydroxyl groups excluding tert-OH is 1. The SMILES string of the molecule is CC(C(O)CCC(=O)O)C(C)C1CCCCC1=O. The zero-order valence-electron chi connectivity index (χ0n) is 11.3. The zero-order valence-corrected chi connectivity index (χ0v) is 11.3. The molecule has 0 aromatic heterocycles. The first kappa shape index (κ1) is 15.2. The second-order valence-electron chi connectivity index (χ2n) is 5.54. The topological polar surface area (TPSA) is 74.6 Å². The Morgan fingerprint density at radius 2 is 2.06 bits per heavy atom. The van der Waals surface area contributed by atoms with Crippen molar-refractivity contribution in [3.05, 3.63) is 0 Å². The van der Waals surface area contributed by atoms with Gasteiger partial charge in [0.1, 0.15) is 5.78 Å². The van der Waals surface area contributed by atoms with Crippen molar-refractivity contribution < 1.29 is 19.8 Å². The average Bonchev–Trinajstić information content (AvgIpc) is 2.34. The minimum atomic E-state index is -0.886. The van der Waals surface area contributed by atoms with Crippen LogP contribution in [0.25, 0.3) is 0 Å². The summed E-state index contributed by atoms with van der Waals surface area (Å²) in [6.07, 6.45) is 3.25. The fourth-order valence-electron chi connectivity index (χ4n) is 2.82. The van der Waals surface area contributed by atoms with E-state index in [0.717, 1.165) is 19.3 Å². The number of aliphatic hydroxyl groups is 1. The summed E-state index contributed by atoms with van der Waals surface area (Å²) in [5.41, 5.74) is 0. The van der Waals surface area contributed by atoms with Crippen LogP contribution in [0, 0.1) is 17.8 Å². The molecule has 0 aromatic carbocycles. The summed E-state index contributed by atoms with van der Waals surface area (Å²) in [4.78, 5) is 22.3. The first-order valence-corrected chi connectivity index (χ1v) is 6.86. The average molecular weight is 256 g/mol. The third kappa shape index (κ3) is 4.09. The molecule has 0 heterocycles. The molecule has 0 bridgehead atoms. The van der Waals surface area contributed by atoms with Gasteiger partial charge in [-0.3, -0.25) is 9.59 Å². The van der Waals surface area contributed by atoms with Gasteiger partial charge in [-0.2, -0.15) is 0 Å². The normalized spacial score (nSPS) is 25.5. The van der Waals surface area contributed by atoms with Gasteiger partial charge in [0.05, 0.1) is 6.10 Å². The lowest BCUT2D eigenvalue weighted by molar-refractivity contribution is -0.138. The van der Waals surface area contributed by atoms with Crippen molar-refractivity contribution in [2.45, 2.75) is 58.5 Å². The number of ketones is 1. The quantitative estimate of drug-likeness (QED) is 0.764. The van der Waals surface area contributed by atoms with Crippen molar-refractivity contribution in [3.8, 4) is 0 Å². The first-order chi connectivity index (χ1) is 8.43. The van der Waals surface area contributed by atoms with E-state index >= 15 is 0 Å². The Kier molecular flexibility index (Phi) is 5.79. The molecule has 4 atom stereocenters. The van der Waals surface area contributed by atoms with Crippen LogP contribution in [0.4, 0.5) is 0 Å². The predicted octanol–water partition coefficient (Wildman–Crippen LogP) is 2.24. The van der Waals surface area contributed by atoms with Gasteiger partial charge < -0.3 is 10.2 Å². The summed E-state index contributed by atoms with van der Waals surface area (Å²) in [6.45, 7) is 3.92. The molecule has 104 valence electrons. The molecule has 1 aliphatic rings. The largest absolute Gasteiger partial charge is 0.481 e. The van der Waals surface area contributed by atoms with Crippen molar-refractivity contribution in [2.75, 3.05) is 0 Å².